The number of hydrogen-bond donors (Lipinski definition) is 2. The molecule has 0 aliphatic rings. The average molecular weight is 436 g/mol. The van der Waals surface area contributed by atoms with Gasteiger partial charge in [-0.2, -0.15) is 0 Å². The Morgan fingerprint density at radius 2 is 1.61 bits per heavy atom. The van der Waals surface area contributed by atoms with Gasteiger partial charge >= 0.3 is 5.69 Å². The van der Waals surface area contributed by atoms with Crippen LogP contribution in [0.25, 0.3) is 11.2 Å². The molecular weight excluding hydrogens is 416 g/mol. The fourth-order valence-electron chi connectivity index (χ4n) is 3.33. The predicted molar refractivity (Wildman–Crippen MR) is 118 cm³/mol. The van der Waals surface area contributed by atoms with Crippen molar-refractivity contribution in [2.24, 2.45) is 14.1 Å². The molecule has 0 saturated carbocycles. The Labute approximate surface area is 181 Å². The van der Waals surface area contributed by atoms with Gasteiger partial charge in [-0.3, -0.25) is 18.7 Å². The number of aliphatic hydroxyl groups excluding tert-OH is 1. The van der Waals surface area contributed by atoms with E-state index in [2.05, 4.69) is 9.97 Å². The van der Waals surface area contributed by atoms with E-state index in [1.807, 2.05) is 12.1 Å². The number of nitrogens with zero attached hydrogens (tertiary/aromatic N) is 3. The quantitative estimate of drug-likeness (QED) is 0.354. The second-order valence-electron chi connectivity index (χ2n) is 7.07. The van der Waals surface area contributed by atoms with Crippen molar-refractivity contribution in [2.75, 3.05) is 0 Å². The van der Waals surface area contributed by atoms with Crippen molar-refractivity contribution in [2.45, 2.75) is 16.5 Å². The van der Waals surface area contributed by atoms with Crippen molar-refractivity contribution < 1.29 is 9.90 Å². The third-order valence-corrected chi connectivity index (χ3v) is 6.20. The van der Waals surface area contributed by atoms with Crippen molar-refractivity contribution in [3.05, 3.63) is 92.6 Å². The molecule has 158 valence electrons. The van der Waals surface area contributed by atoms with Crippen molar-refractivity contribution in [1.82, 2.24) is 19.1 Å². The number of thioether (sulfide) groups is 1. The molecule has 0 aliphatic heterocycles. The van der Waals surface area contributed by atoms with Crippen molar-refractivity contribution in [1.29, 1.82) is 0 Å². The van der Waals surface area contributed by atoms with E-state index in [4.69, 9.17) is 0 Å². The number of aliphatic hydroxyl groups is 1. The van der Waals surface area contributed by atoms with Crippen molar-refractivity contribution in [3.8, 4) is 0 Å². The van der Waals surface area contributed by atoms with Gasteiger partial charge in [-0.25, -0.2) is 9.78 Å². The lowest BCUT2D eigenvalue weighted by molar-refractivity contribution is 0.0897. The van der Waals surface area contributed by atoms with Crippen LogP contribution in [0.5, 0.6) is 0 Å². The van der Waals surface area contributed by atoms with E-state index in [1.165, 1.54) is 18.7 Å². The zero-order chi connectivity index (χ0) is 22.1. The summed E-state index contributed by atoms with van der Waals surface area (Å²) in [6, 6.07) is 17.6. The molecule has 2 atom stereocenters. The number of benzene rings is 2. The summed E-state index contributed by atoms with van der Waals surface area (Å²) in [6.07, 6.45) is -1.11. The maximum absolute atomic E-state index is 13.3. The molecular formula is C22H20N4O4S. The van der Waals surface area contributed by atoms with Gasteiger partial charge in [0.2, 0.25) is 0 Å². The molecule has 4 aromatic rings. The van der Waals surface area contributed by atoms with E-state index in [0.29, 0.717) is 11.1 Å². The SMILES string of the molecule is Cn1c(=O)c2[nH]c(S[C@@H](C(=O)c3ccccc3)[C@H](O)c3ccccc3)nc2n(C)c1=O. The first-order chi connectivity index (χ1) is 14.9. The molecule has 0 fully saturated rings. The molecule has 4 rings (SSSR count). The van der Waals surface area contributed by atoms with Crippen LogP contribution >= 0.6 is 11.8 Å². The molecule has 2 N–H and O–H groups in total. The number of rotatable bonds is 6. The van der Waals surface area contributed by atoms with Crippen LogP contribution in [-0.2, 0) is 14.1 Å². The van der Waals surface area contributed by atoms with Gasteiger partial charge in [0.15, 0.2) is 22.1 Å². The van der Waals surface area contributed by atoms with Gasteiger partial charge in [-0.15, -0.1) is 0 Å². The molecule has 0 unspecified atom stereocenters. The fourth-order valence-corrected chi connectivity index (χ4v) is 4.40. The smallest absolute Gasteiger partial charge is 0.332 e. The maximum atomic E-state index is 13.3. The Morgan fingerprint density at radius 1 is 1.00 bits per heavy atom. The van der Waals surface area contributed by atoms with Crippen molar-refractivity contribution >= 4 is 28.7 Å². The third kappa shape index (κ3) is 3.85. The van der Waals surface area contributed by atoms with E-state index in [9.17, 15) is 19.5 Å². The zero-order valence-corrected chi connectivity index (χ0v) is 17.7. The first-order valence-electron chi connectivity index (χ1n) is 9.53. The number of aryl methyl sites for hydroxylation is 1. The van der Waals surface area contributed by atoms with Crippen molar-refractivity contribution in [3.63, 3.8) is 0 Å². The number of Topliss-reactive ketones (excluding diaryl/α,β-unsaturated/α-hetero) is 1. The van der Waals surface area contributed by atoms with Crippen LogP contribution in [0.1, 0.15) is 22.0 Å². The van der Waals surface area contributed by atoms with Gasteiger partial charge in [-0.05, 0) is 5.56 Å². The van der Waals surface area contributed by atoms with Gasteiger partial charge in [0.25, 0.3) is 5.56 Å². The highest BCUT2D eigenvalue weighted by Crippen LogP contribution is 2.33. The van der Waals surface area contributed by atoms with E-state index in [-0.39, 0.29) is 22.1 Å². The molecule has 2 aromatic heterocycles. The van der Waals surface area contributed by atoms with E-state index in [1.54, 1.807) is 48.5 Å². The molecule has 0 aliphatic carbocycles. The highest BCUT2D eigenvalue weighted by Gasteiger charge is 2.31. The van der Waals surface area contributed by atoms with Crippen LogP contribution in [0.2, 0.25) is 0 Å². The highest BCUT2D eigenvalue weighted by molar-refractivity contribution is 8.00. The van der Waals surface area contributed by atoms with Gasteiger partial charge in [0.1, 0.15) is 5.25 Å². The standard InChI is InChI=1S/C22H20N4O4S/c1-25-19-15(20(29)26(2)22(25)30)23-21(24-19)31-18(16(27)13-9-5-3-6-10-13)17(28)14-11-7-4-8-12-14/h3-12,16,18,27H,1-2H3,(H,23,24)/t16-,18-/m1/s1. The minimum absolute atomic E-state index is 0.159. The summed E-state index contributed by atoms with van der Waals surface area (Å²) in [4.78, 5) is 45.2. The number of ketones is 1. The van der Waals surface area contributed by atoms with Crippen LogP contribution in [0, 0.1) is 0 Å². The fraction of sp³-hybridized carbons (Fsp3) is 0.182. The molecule has 0 amide bonds. The maximum Gasteiger partial charge on any atom is 0.332 e. The molecule has 0 saturated heterocycles. The van der Waals surface area contributed by atoms with Crippen LogP contribution in [0.3, 0.4) is 0 Å². The van der Waals surface area contributed by atoms with Gasteiger partial charge in [0, 0.05) is 19.7 Å². The van der Waals surface area contributed by atoms with Gasteiger partial charge < -0.3 is 10.1 Å². The topological polar surface area (TPSA) is 110 Å². The summed E-state index contributed by atoms with van der Waals surface area (Å²) in [7, 11) is 2.91. The summed E-state index contributed by atoms with van der Waals surface area (Å²) >= 11 is 1.02. The van der Waals surface area contributed by atoms with Crippen LogP contribution in [-0.4, -0.2) is 35.2 Å². The first-order valence-corrected chi connectivity index (χ1v) is 10.4. The molecule has 0 spiro atoms. The Balaban J connectivity index is 1.78. The van der Waals surface area contributed by atoms with Gasteiger partial charge in [-0.1, -0.05) is 72.4 Å². The minimum Gasteiger partial charge on any atom is -0.387 e. The summed E-state index contributed by atoms with van der Waals surface area (Å²) < 4.78 is 2.25. The Kier molecular flexibility index (Phi) is 5.62. The number of aromatic nitrogens is 4. The normalized spacial score (nSPS) is 13.3. The second-order valence-corrected chi connectivity index (χ2v) is 8.20. The molecule has 0 bridgehead atoms. The molecule has 31 heavy (non-hydrogen) atoms. The molecule has 2 heterocycles. The Hall–Kier alpha value is -3.43. The molecule has 2 aromatic carbocycles. The van der Waals surface area contributed by atoms with E-state index in [0.717, 1.165) is 16.3 Å². The largest absolute Gasteiger partial charge is 0.387 e. The number of fused-ring (bicyclic) bond motifs is 1. The van der Waals surface area contributed by atoms with Gasteiger partial charge in [0.05, 0.1) is 6.10 Å². The predicted octanol–water partition coefficient (Wildman–Crippen LogP) is 2.04. The lowest BCUT2D eigenvalue weighted by Gasteiger charge is -2.21. The summed E-state index contributed by atoms with van der Waals surface area (Å²) in [5.41, 5.74) is 0.384. The number of hydrogen-bond acceptors (Lipinski definition) is 6. The van der Waals surface area contributed by atoms with E-state index >= 15 is 0 Å². The average Bonchev–Trinajstić information content (AvgIpc) is 3.24. The lowest BCUT2D eigenvalue weighted by Crippen LogP contribution is -2.36. The van der Waals surface area contributed by atoms with Crippen LogP contribution < -0.4 is 11.2 Å². The number of imidazole rings is 1. The number of carbonyl (C=O) groups is 1. The number of aromatic amines is 1. The van der Waals surface area contributed by atoms with E-state index < -0.39 is 22.6 Å². The van der Waals surface area contributed by atoms with Crippen LogP contribution in [0.4, 0.5) is 0 Å². The monoisotopic (exact) mass is 436 g/mol. The minimum atomic E-state index is -1.11. The lowest BCUT2D eigenvalue weighted by atomic mass is 10.00. The molecule has 0 radical (unpaired) electrons. The first kappa shape index (κ1) is 20.8. The number of carbonyl (C=O) groups excluding carboxylic acids is 1. The molecule has 9 heteroatoms. The third-order valence-electron chi connectivity index (χ3n) is 5.06. The zero-order valence-electron chi connectivity index (χ0n) is 16.9. The Morgan fingerprint density at radius 3 is 2.26 bits per heavy atom. The highest BCUT2D eigenvalue weighted by atomic mass is 32.2. The number of nitrogens with one attached hydrogen (secondary N) is 1. The summed E-state index contributed by atoms with van der Waals surface area (Å²) in [5, 5.41) is 10.4. The number of H-pyrrole nitrogens is 1. The van der Waals surface area contributed by atoms with Crippen LogP contribution in [0.15, 0.2) is 75.4 Å². The molecule has 8 nitrogen and oxygen atoms in total. The summed E-state index contributed by atoms with van der Waals surface area (Å²) in [6.45, 7) is 0. The second kappa shape index (κ2) is 8.37. The summed E-state index contributed by atoms with van der Waals surface area (Å²) in [5.74, 6) is -0.274. The Bertz CT molecular complexity index is 1360.